The van der Waals surface area contributed by atoms with Crippen LogP contribution in [0.1, 0.15) is 0 Å². The van der Waals surface area contributed by atoms with E-state index >= 15 is 0 Å². The normalized spacial score (nSPS) is 13.4. The molecular weight excluding hydrogens is 329 g/mol. The van der Waals surface area contributed by atoms with Crippen LogP contribution in [0.3, 0.4) is 0 Å². The molecule has 0 saturated carbocycles. The van der Waals surface area contributed by atoms with Crippen molar-refractivity contribution in [2.45, 2.75) is 11.1 Å². The Labute approximate surface area is 131 Å². The molecule has 4 nitrogen and oxygen atoms in total. The summed E-state index contributed by atoms with van der Waals surface area (Å²) in [5.74, 6) is -1.38. The minimum absolute atomic E-state index is 0.204. The maximum Gasteiger partial charge on any atom is 0.495 e. The van der Waals surface area contributed by atoms with E-state index < -0.39 is 22.0 Å². The summed E-state index contributed by atoms with van der Waals surface area (Å²) in [6, 6.07) is 14.5. The first-order chi connectivity index (χ1) is 10.7. The summed E-state index contributed by atoms with van der Waals surface area (Å²) in [5.41, 5.74) is 0.204. The SMILES string of the molecule is C[N+](=C(NS(=O)(=O)c1ccccc1)C(F)(F)F)c1ccccc1. The minimum atomic E-state index is -4.87. The Morgan fingerprint density at radius 3 is 1.91 bits per heavy atom. The Morgan fingerprint density at radius 1 is 0.957 bits per heavy atom. The van der Waals surface area contributed by atoms with E-state index in [0.717, 1.165) is 11.6 Å². The van der Waals surface area contributed by atoms with Crippen molar-refractivity contribution in [1.29, 1.82) is 0 Å². The quantitative estimate of drug-likeness (QED) is 0.529. The molecule has 0 aliphatic heterocycles. The summed E-state index contributed by atoms with van der Waals surface area (Å²) in [6.07, 6.45) is -4.87. The molecule has 0 saturated heterocycles. The number of hydrogen-bond donors (Lipinski definition) is 1. The molecule has 0 radical (unpaired) electrons. The molecule has 1 N–H and O–H groups in total. The Kier molecular flexibility index (Phi) is 4.74. The lowest BCUT2D eigenvalue weighted by molar-refractivity contribution is -0.418. The lowest BCUT2D eigenvalue weighted by Crippen LogP contribution is -2.45. The van der Waals surface area contributed by atoms with Gasteiger partial charge in [-0.1, -0.05) is 36.4 Å². The van der Waals surface area contributed by atoms with E-state index in [9.17, 15) is 21.6 Å². The number of alkyl halides is 3. The maximum atomic E-state index is 13.3. The summed E-state index contributed by atoms with van der Waals surface area (Å²) in [7, 11) is -3.20. The zero-order chi connectivity index (χ0) is 17.1. The van der Waals surface area contributed by atoms with Crippen LogP contribution in [0.2, 0.25) is 0 Å². The number of para-hydroxylation sites is 1. The number of benzene rings is 2. The lowest BCUT2D eigenvalue weighted by Gasteiger charge is -2.12. The predicted octanol–water partition coefficient (Wildman–Crippen LogP) is 2.90. The fourth-order valence-electron chi connectivity index (χ4n) is 1.88. The molecule has 0 atom stereocenters. The average molecular weight is 343 g/mol. The Bertz CT molecular complexity index is 802. The van der Waals surface area contributed by atoms with Gasteiger partial charge in [0.05, 0.1) is 7.05 Å². The van der Waals surface area contributed by atoms with Crippen molar-refractivity contribution in [2.24, 2.45) is 0 Å². The van der Waals surface area contributed by atoms with Gasteiger partial charge in [-0.05, 0) is 24.3 Å². The number of nitrogens with zero attached hydrogens (tertiary/aromatic N) is 1. The molecule has 0 spiro atoms. The lowest BCUT2D eigenvalue weighted by atomic mass is 10.3. The third-order valence-corrected chi connectivity index (χ3v) is 4.39. The Morgan fingerprint density at radius 2 is 1.43 bits per heavy atom. The van der Waals surface area contributed by atoms with Crippen LogP contribution in [0.5, 0.6) is 0 Å². The summed E-state index contributed by atoms with van der Waals surface area (Å²) in [4.78, 5) is -0.247. The zero-order valence-electron chi connectivity index (χ0n) is 12.1. The van der Waals surface area contributed by atoms with Gasteiger partial charge in [0, 0.05) is 0 Å². The van der Waals surface area contributed by atoms with Crippen molar-refractivity contribution in [1.82, 2.24) is 4.72 Å². The Hall–Kier alpha value is -2.35. The van der Waals surface area contributed by atoms with Gasteiger partial charge in [-0.2, -0.15) is 26.3 Å². The summed E-state index contributed by atoms with van der Waals surface area (Å²) >= 11 is 0. The standard InChI is InChI=1S/C15H13F3N2O2S/c1-20(12-8-4-2-5-9-12)14(15(16,17)18)19-23(21,22)13-10-6-3-7-11-13/h2-11H,1H3/p+1. The minimum Gasteiger partial charge on any atom is -0.225 e. The number of hydrogen-bond acceptors (Lipinski definition) is 2. The van der Waals surface area contributed by atoms with Crippen LogP contribution in [0.25, 0.3) is 0 Å². The number of halogens is 3. The molecule has 0 fully saturated rings. The fourth-order valence-corrected chi connectivity index (χ4v) is 3.02. The van der Waals surface area contributed by atoms with Crippen molar-refractivity contribution < 1.29 is 26.2 Å². The molecule has 0 bridgehead atoms. The van der Waals surface area contributed by atoms with Crippen molar-refractivity contribution in [3.63, 3.8) is 0 Å². The first kappa shape index (κ1) is 17.0. The van der Waals surface area contributed by atoms with E-state index in [-0.39, 0.29) is 10.6 Å². The van der Waals surface area contributed by atoms with E-state index in [0.29, 0.717) is 0 Å². The van der Waals surface area contributed by atoms with Crippen LogP contribution < -0.4 is 4.72 Å². The van der Waals surface area contributed by atoms with Crippen molar-refractivity contribution in [3.8, 4) is 0 Å². The second-order valence-corrected chi connectivity index (χ2v) is 6.34. The zero-order valence-corrected chi connectivity index (χ0v) is 12.9. The predicted molar refractivity (Wildman–Crippen MR) is 80.1 cm³/mol. The van der Waals surface area contributed by atoms with Crippen LogP contribution in [-0.2, 0) is 10.0 Å². The molecule has 23 heavy (non-hydrogen) atoms. The van der Waals surface area contributed by atoms with Crippen LogP contribution >= 0.6 is 0 Å². The van der Waals surface area contributed by atoms with Gasteiger partial charge in [0.15, 0.2) is 0 Å². The molecule has 0 aliphatic carbocycles. The van der Waals surface area contributed by atoms with E-state index in [2.05, 4.69) is 0 Å². The smallest absolute Gasteiger partial charge is 0.225 e. The number of amidine groups is 1. The second kappa shape index (κ2) is 6.41. The van der Waals surface area contributed by atoms with Gasteiger partial charge in [-0.3, -0.25) is 0 Å². The van der Waals surface area contributed by atoms with Crippen LogP contribution in [0, 0.1) is 0 Å². The first-order valence-corrected chi connectivity index (χ1v) is 8.01. The molecular formula is C15H14F3N2O2S+. The monoisotopic (exact) mass is 343 g/mol. The summed E-state index contributed by atoms with van der Waals surface area (Å²) < 4.78 is 66.6. The van der Waals surface area contributed by atoms with E-state index in [1.165, 1.54) is 36.4 Å². The van der Waals surface area contributed by atoms with Crippen LogP contribution in [-0.4, -0.2) is 32.1 Å². The first-order valence-electron chi connectivity index (χ1n) is 6.52. The van der Waals surface area contributed by atoms with E-state index in [1.807, 2.05) is 0 Å². The Balaban J connectivity index is 2.50. The molecule has 0 aliphatic rings. The largest absolute Gasteiger partial charge is 0.495 e. The fraction of sp³-hybridized carbons (Fsp3) is 0.133. The van der Waals surface area contributed by atoms with Gasteiger partial charge < -0.3 is 0 Å². The highest BCUT2D eigenvalue weighted by atomic mass is 32.2. The highest BCUT2D eigenvalue weighted by molar-refractivity contribution is 7.90. The second-order valence-electron chi connectivity index (χ2n) is 4.66. The topological polar surface area (TPSA) is 49.2 Å². The third kappa shape index (κ3) is 4.10. The molecule has 0 amide bonds. The number of nitrogens with one attached hydrogen (secondary N) is 1. The van der Waals surface area contributed by atoms with Crippen molar-refractivity contribution >= 4 is 21.5 Å². The van der Waals surface area contributed by atoms with E-state index in [4.69, 9.17) is 0 Å². The van der Waals surface area contributed by atoms with E-state index in [1.54, 1.807) is 29.0 Å². The van der Waals surface area contributed by atoms with Crippen molar-refractivity contribution in [3.05, 3.63) is 60.7 Å². The molecule has 0 heterocycles. The molecule has 0 aromatic heterocycles. The molecule has 0 unspecified atom stereocenters. The average Bonchev–Trinajstić information content (AvgIpc) is 2.53. The summed E-state index contributed by atoms with van der Waals surface area (Å²) in [6.45, 7) is 0. The van der Waals surface area contributed by atoms with Gasteiger partial charge in [-0.25, -0.2) is 4.58 Å². The van der Waals surface area contributed by atoms with Crippen LogP contribution in [0.15, 0.2) is 65.6 Å². The molecule has 8 heteroatoms. The molecule has 2 aromatic rings. The van der Waals surface area contributed by atoms with Crippen LogP contribution in [0.4, 0.5) is 18.9 Å². The maximum absolute atomic E-state index is 13.3. The number of rotatable bonds is 3. The third-order valence-electron chi connectivity index (χ3n) is 3.03. The molecule has 2 rings (SSSR count). The van der Waals surface area contributed by atoms with Gasteiger partial charge in [0.2, 0.25) is 0 Å². The highest BCUT2D eigenvalue weighted by Crippen LogP contribution is 2.21. The van der Waals surface area contributed by atoms with Gasteiger partial charge in [0.1, 0.15) is 10.6 Å². The van der Waals surface area contributed by atoms with Gasteiger partial charge >= 0.3 is 22.0 Å². The molecule has 2 aromatic carbocycles. The van der Waals surface area contributed by atoms with Gasteiger partial charge in [-0.15, -0.1) is 0 Å². The summed E-state index contributed by atoms with van der Waals surface area (Å²) in [5, 5.41) is 0. The molecule has 122 valence electrons. The van der Waals surface area contributed by atoms with Crippen molar-refractivity contribution in [2.75, 3.05) is 7.05 Å². The van der Waals surface area contributed by atoms with Gasteiger partial charge in [0.25, 0.3) is 0 Å². The number of sulfonamides is 1. The highest BCUT2D eigenvalue weighted by Gasteiger charge is 2.47.